The van der Waals surface area contributed by atoms with Crippen molar-refractivity contribution in [2.45, 2.75) is 28.2 Å². The maximum atomic E-state index is 6.89. The van der Waals surface area contributed by atoms with Crippen LogP contribution in [-0.2, 0) is 77.7 Å². The van der Waals surface area contributed by atoms with E-state index in [1.807, 2.05) is 153 Å². The molecular formula is C53H50P2S2Zr2. The Bertz CT molecular complexity index is 1470. The van der Waals surface area contributed by atoms with Crippen molar-refractivity contribution in [3.63, 3.8) is 0 Å². The van der Waals surface area contributed by atoms with Crippen molar-refractivity contribution in [1.82, 2.24) is 0 Å². The van der Waals surface area contributed by atoms with Crippen molar-refractivity contribution in [2.75, 3.05) is 12.3 Å². The second-order valence-corrected chi connectivity index (χ2v) is 24.4. The Morgan fingerprint density at radius 3 is 0.932 bits per heavy atom. The van der Waals surface area contributed by atoms with Gasteiger partial charge >= 0.3 is 52.4 Å². The zero-order valence-corrected chi connectivity index (χ0v) is 41.6. The molecule has 6 aliphatic rings. The number of rotatable bonds is 6. The number of hydrogen-bond acceptors (Lipinski definition) is 2. The second-order valence-electron chi connectivity index (χ2n) is 14.0. The first-order valence-electron chi connectivity index (χ1n) is 19.7. The largest absolute Gasteiger partial charge is 2.00 e. The summed E-state index contributed by atoms with van der Waals surface area (Å²) in [4.78, 5) is 0. The SMILES string of the molecule is [CH]1[CH][CH][CH][CH]1.[CH]1[CH][CH][CH][CH]1.[CH]1[CH][CH][CH][CH]1.[CH]1[CH][CH][CH][CH]1.[S-]C([S-])([P+]1(c2ccccc2)[CH-]C(c2[c-]cccc2)CC1)[P+]1(c2ccccc2)[CH-]C(c2[c-]cccc2)CC1.[Zr+2].[Zr+2]. The van der Waals surface area contributed by atoms with E-state index in [-0.39, 0.29) is 52.4 Å². The van der Waals surface area contributed by atoms with Crippen LogP contribution in [0.5, 0.6) is 0 Å². The summed E-state index contributed by atoms with van der Waals surface area (Å²) in [5, 5.41) is 2.74. The molecule has 59 heavy (non-hydrogen) atoms. The van der Waals surface area contributed by atoms with Gasteiger partial charge in [0.1, 0.15) is 0 Å². The molecule has 4 aromatic carbocycles. The van der Waals surface area contributed by atoms with Gasteiger partial charge in [0, 0.05) is 12.3 Å². The molecular weight excluding hydrogens is 945 g/mol. The van der Waals surface area contributed by atoms with Crippen molar-refractivity contribution < 1.29 is 52.4 Å². The zero-order chi connectivity index (χ0) is 39.5. The van der Waals surface area contributed by atoms with Crippen LogP contribution in [0.4, 0.5) is 0 Å². The molecule has 0 amide bonds. The Kier molecular flexibility index (Phi) is 24.8. The Labute approximate surface area is 412 Å². The Morgan fingerprint density at radius 2 is 0.678 bits per heavy atom. The minimum atomic E-state index is -2.03. The summed E-state index contributed by atoms with van der Waals surface area (Å²) in [5.41, 5.74) is 2.53. The van der Waals surface area contributed by atoms with Crippen LogP contribution in [0.3, 0.4) is 0 Å². The summed E-state index contributed by atoms with van der Waals surface area (Å²) in [6.07, 6.45) is 49.6. The molecule has 0 aromatic heterocycles. The molecule has 4 saturated carbocycles. The van der Waals surface area contributed by atoms with E-state index in [9.17, 15) is 0 Å². The monoisotopic (exact) mass is 992 g/mol. The molecule has 4 aliphatic carbocycles. The molecule has 0 spiro atoms. The minimum Gasteiger partial charge on any atom is -0.733 e. The van der Waals surface area contributed by atoms with E-state index in [1.165, 1.54) is 21.7 Å². The van der Waals surface area contributed by atoms with E-state index in [0.717, 1.165) is 25.2 Å². The maximum Gasteiger partial charge on any atom is 2.00 e. The average molecular weight is 996 g/mol. The topological polar surface area (TPSA) is 0 Å². The van der Waals surface area contributed by atoms with Crippen LogP contribution in [0.1, 0.15) is 35.8 Å². The van der Waals surface area contributed by atoms with E-state index >= 15 is 0 Å². The molecule has 2 heterocycles. The Morgan fingerprint density at radius 1 is 0.407 bits per heavy atom. The molecule has 4 aromatic rings. The van der Waals surface area contributed by atoms with Crippen molar-refractivity contribution in [1.29, 1.82) is 0 Å². The minimum absolute atomic E-state index is 0. The zero-order valence-electron chi connectivity index (χ0n) is 33.3. The molecule has 2 saturated heterocycles. The van der Waals surface area contributed by atoms with Crippen molar-refractivity contribution in [3.8, 4) is 0 Å². The molecule has 292 valence electrons. The fraction of sp³-hybridized carbons (Fsp3) is 0.132. The maximum absolute atomic E-state index is 6.89. The first-order valence-corrected chi connectivity index (χ1v) is 24.6. The van der Waals surface area contributed by atoms with Crippen LogP contribution in [0, 0.1) is 153 Å². The molecule has 6 fully saturated rings. The smallest absolute Gasteiger partial charge is 0.733 e. The summed E-state index contributed by atoms with van der Waals surface area (Å²) < 4.78 is -0.671. The molecule has 20 radical (unpaired) electrons. The number of hydrogen-bond donors (Lipinski definition) is 0. The van der Waals surface area contributed by atoms with E-state index in [4.69, 9.17) is 25.3 Å². The average Bonchev–Trinajstić information content (AvgIpc) is 4.15. The molecule has 10 rings (SSSR count). The van der Waals surface area contributed by atoms with Gasteiger partial charge in [-0.3, -0.25) is 0 Å². The third kappa shape index (κ3) is 14.6. The van der Waals surface area contributed by atoms with Gasteiger partial charge in [-0.1, -0.05) is 54.5 Å². The van der Waals surface area contributed by atoms with Gasteiger partial charge in [0.25, 0.3) is 0 Å². The van der Waals surface area contributed by atoms with Crippen molar-refractivity contribution in [2.24, 2.45) is 0 Å². The van der Waals surface area contributed by atoms with Gasteiger partial charge in [-0.2, -0.15) is 84.1 Å². The molecule has 4 unspecified atom stereocenters. The van der Waals surface area contributed by atoms with Crippen LogP contribution in [-0.4, -0.2) is 15.9 Å². The third-order valence-electron chi connectivity index (χ3n) is 10.4. The standard InChI is InChI=1S/C33H32P2S2.4C5H5.2Zr/c36-33(37,34(31-17-9-3-10-18-31)23-21-29(25-34)27-13-5-1-6-14-27)35(32-19-11-4-12-20-32)24-22-30(26-35)28-15-7-2-8-16-28;4*1-2-4-5-3-1;;/h1-13,15,17-20,25-26,29-30,36-37H,21-24H2;4*1-5H;;/q-2;;;;;2*+2/p-2. The van der Waals surface area contributed by atoms with E-state index in [0.29, 0.717) is 11.8 Å². The fourth-order valence-electron chi connectivity index (χ4n) is 7.56. The molecule has 0 bridgehead atoms. The summed E-state index contributed by atoms with van der Waals surface area (Å²) in [5.74, 6) is 0.688. The molecule has 0 nitrogen and oxygen atoms in total. The number of benzene rings is 4. The van der Waals surface area contributed by atoms with Gasteiger partial charge in [0.2, 0.25) is 0 Å². The van der Waals surface area contributed by atoms with Crippen molar-refractivity contribution in [3.05, 3.63) is 273 Å². The van der Waals surface area contributed by atoms with Gasteiger partial charge in [-0.15, -0.1) is 11.8 Å². The van der Waals surface area contributed by atoms with Crippen LogP contribution < -0.4 is 10.6 Å². The van der Waals surface area contributed by atoms with Gasteiger partial charge in [0.15, 0.2) is 0 Å². The predicted octanol–water partition coefficient (Wildman–Crippen LogP) is 11.8. The molecule has 6 heteroatoms. The quantitative estimate of drug-likeness (QED) is 0.107. The molecule has 2 aliphatic heterocycles. The van der Waals surface area contributed by atoms with Gasteiger partial charge < -0.3 is 25.3 Å². The van der Waals surface area contributed by atoms with E-state index in [2.05, 4.69) is 109 Å². The fourth-order valence-corrected chi connectivity index (χ4v) is 22.3. The van der Waals surface area contributed by atoms with Crippen molar-refractivity contribution >= 4 is 50.4 Å². The normalized spacial score (nSPS) is 25.6. The van der Waals surface area contributed by atoms with Crippen LogP contribution in [0.15, 0.2) is 109 Å². The second kappa shape index (κ2) is 28.2. The summed E-state index contributed by atoms with van der Waals surface area (Å²) in [6, 6.07) is 45.9. The van der Waals surface area contributed by atoms with Crippen LogP contribution in [0.2, 0.25) is 0 Å². The van der Waals surface area contributed by atoms with E-state index in [1.54, 1.807) is 0 Å². The van der Waals surface area contributed by atoms with Crippen LogP contribution >= 0.6 is 14.5 Å². The van der Waals surface area contributed by atoms with Gasteiger partial charge in [0.05, 0.1) is 10.6 Å². The Hall–Kier alpha value is 0.206. The summed E-state index contributed by atoms with van der Waals surface area (Å²) >= 11 is 13.8. The van der Waals surface area contributed by atoms with Crippen LogP contribution in [0.25, 0.3) is 0 Å². The van der Waals surface area contributed by atoms with E-state index < -0.39 is 18.1 Å². The summed E-state index contributed by atoms with van der Waals surface area (Å²) in [6.45, 7) is 0. The van der Waals surface area contributed by atoms with Gasteiger partial charge in [-0.05, 0) is 166 Å². The predicted molar refractivity (Wildman–Crippen MR) is 253 cm³/mol. The molecule has 0 N–H and O–H groups in total. The first kappa shape index (κ1) is 51.8. The van der Waals surface area contributed by atoms with Gasteiger partial charge in [-0.25, -0.2) is 0 Å². The third-order valence-corrected chi connectivity index (χ3v) is 24.6. The Balaban J connectivity index is 0.000000283. The first-order chi connectivity index (χ1) is 28.1. The summed E-state index contributed by atoms with van der Waals surface area (Å²) in [7, 11) is -4.06. The molecule has 4 atom stereocenters.